The zero-order valence-electron chi connectivity index (χ0n) is 27.6. The minimum Gasteiger partial charge on any atom is -0.490 e. The van der Waals surface area contributed by atoms with Crippen LogP contribution >= 0.6 is 0 Å². The van der Waals surface area contributed by atoms with Crippen molar-refractivity contribution in [1.29, 1.82) is 0 Å². The van der Waals surface area contributed by atoms with Gasteiger partial charge in [0.15, 0.2) is 11.5 Å². The summed E-state index contributed by atoms with van der Waals surface area (Å²) in [5.41, 5.74) is 0.780. The molecule has 0 saturated heterocycles. The number of rotatable bonds is 19. The maximum atomic E-state index is 13.0. The van der Waals surface area contributed by atoms with Crippen LogP contribution in [-0.2, 0) is 25.5 Å². The number of benzene rings is 2. The standard InChI is InChI=1S/C33H51NO9S/c1-9-11-13-19-40-28-22-25(29(41-20-14-12-10-2)31(39-8)30(28)38-7)21-26(34-32(35)43-33(4,5)6)23-42-44(36,37)27-17-15-24(3)16-18-27/h15-18,22,26H,9-14,19-21,23H2,1-8H3,(H,34,35)/t26-/m1/s1. The Morgan fingerprint density at radius 2 is 1.45 bits per heavy atom. The summed E-state index contributed by atoms with van der Waals surface area (Å²) in [7, 11) is -1.05. The van der Waals surface area contributed by atoms with Crippen LogP contribution in [0.1, 0.15) is 84.3 Å². The smallest absolute Gasteiger partial charge is 0.407 e. The van der Waals surface area contributed by atoms with Crippen molar-refractivity contribution in [3.8, 4) is 23.0 Å². The predicted molar refractivity (Wildman–Crippen MR) is 171 cm³/mol. The first kappa shape index (κ1) is 37.0. The highest BCUT2D eigenvalue weighted by atomic mass is 32.2. The molecule has 10 nitrogen and oxygen atoms in total. The number of methoxy groups -OCH3 is 2. The molecular weight excluding hydrogens is 586 g/mol. The van der Waals surface area contributed by atoms with Crippen molar-refractivity contribution in [3.63, 3.8) is 0 Å². The van der Waals surface area contributed by atoms with Gasteiger partial charge >= 0.3 is 6.09 Å². The Labute approximate surface area is 263 Å². The fraction of sp³-hybridized carbons (Fsp3) is 0.606. The van der Waals surface area contributed by atoms with Crippen LogP contribution in [0.3, 0.4) is 0 Å². The zero-order valence-corrected chi connectivity index (χ0v) is 28.4. The fourth-order valence-electron chi connectivity index (χ4n) is 4.34. The van der Waals surface area contributed by atoms with Crippen LogP contribution in [0, 0.1) is 6.92 Å². The molecule has 0 bridgehead atoms. The van der Waals surface area contributed by atoms with Gasteiger partial charge in [-0.2, -0.15) is 8.42 Å². The third-order valence-electron chi connectivity index (χ3n) is 6.56. The maximum absolute atomic E-state index is 13.0. The molecule has 0 spiro atoms. The molecule has 1 amide bonds. The van der Waals surface area contributed by atoms with Crippen LogP contribution in [0.5, 0.6) is 23.0 Å². The Morgan fingerprint density at radius 1 is 0.864 bits per heavy atom. The monoisotopic (exact) mass is 637 g/mol. The lowest BCUT2D eigenvalue weighted by atomic mass is 10.0. The number of aryl methyl sites for hydroxylation is 1. The quantitative estimate of drug-likeness (QED) is 0.128. The lowest BCUT2D eigenvalue weighted by Gasteiger charge is -2.25. The van der Waals surface area contributed by atoms with Gasteiger partial charge in [0.05, 0.1) is 45.0 Å². The number of unbranched alkanes of at least 4 members (excludes halogenated alkanes) is 4. The van der Waals surface area contributed by atoms with Crippen molar-refractivity contribution in [2.45, 2.75) is 103 Å². The fourth-order valence-corrected chi connectivity index (χ4v) is 5.29. The first-order chi connectivity index (χ1) is 20.8. The molecule has 0 aliphatic heterocycles. The molecule has 2 aromatic rings. The Kier molecular flexibility index (Phi) is 15.1. The Morgan fingerprint density at radius 3 is 2.00 bits per heavy atom. The van der Waals surface area contributed by atoms with E-state index in [1.807, 2.05) is 6.92 Å². The molecule has 0 unspecified atom stereocenters. The van der Waals surface area contributed by atoms with E-state index < -0.39 is 27.9 Å². The van der Waals surface area contributed by atoms with Crippen LogP contribution in [0.4, 0.5) is 4.79 Å². The highest BCUT2D eigenvalue weighted by Gasteiger charge is 2.28. The van der Waals surface area contributed by atoms with Gasteiger partial charge in [0.25, 0.3) is 10.1 Å². The van der Waals surface area contributed by atoms with Gasteiger partial charge in [0, 0.05) is 5.56 Å². The van der Waals surface area contributed by atoms with E-state index >= 15 is 0 Å². The van der Waals surface area contributed by atoms with E-state index in [0.29, 0.717) is 41.8 Å². The predicted octanol–water partition coefficient (Wildman–Crippen LogP) is 6.99. The highest BCUT2D eigenvalue weighted by molar-refractivity contribution is 7.86. The van der Waals surface area contributed by atoms with Gasteiger partial charge in [-0.15, -0.1) is 0 Å². The molecular formula is C33H51NO9S. The molecule has 0 fully saturated rings. The molecule has 11 heteroatoms. The van der Waals surface area contributed by atoms with Crippen molar-refractivity contribution in [3.05, 3.63) is 41.5 Å². The summed E-state index contributed by atoms with van der Waals surface area (Å²) in [4.78, 5) is 12.9. The van der Waals surface area contributed by atoms with Gasteiger partial charge in [-0.3, -0.25) is 4.18 Å². The van der Waals surface area contributed by atoms with E-state index in [0.717, 1.165) is 44.1 Å². The number of carbonyl (C=O) groups excluding carboxylic acids is 1. The van der Waals surface area contributed by atoms with Crippen LogP contribution < -0.4 is 24.3 Å². The van der Waals surface area contributed by atoms with Crippen LogP contribution in [0.25, 0.3) is 0 Å². The summed E-state index contributed by atoms with van der Waals surface area (Å²) in [6, 6.07) is 7.33. The SMILES string of the molecule is CCCCCOc1cc(C[C@H](COS(=O)(=O)c2ccc(C)cc2)NC(=O)OC(C)(C)C)c(OCCCCC)c(OC)c1OC. The van der Waals surface area contributed by atoms with E-state index in [2.05, 4.69) is 19.2 Å². The molecule has 0 heterocycles. The Bertz CT molecular complexity index is 1270. The first-order valence-corrected chi connectivity index (χ1v) is 16.7. The molecule has 0 aliphatic carbocycles. The molecule has 2 rings (SSSR count). The van der Waals surface area contributed by atoms with Gasteiger partial charge in [-0.1, -0.05) is 57.2 Å². The minimum atomic E-state index is -4.11. The summed E-state index contributed by atoms with van der Waals surface area (Å²) in [6.07, 6.45) is 5.17. The summed E-state index contributed by atoms with van der Waals surface area (Å²) in [6.45, 7) is 11.9. The summed E-state index contributed by atoms with van der Waals surface area (Å²) in [5.74, 6) is 1.64. The zero-order chi connectivity index (χ0) is 32.8. The first-order valence-electron chi connectivity index (χ1n) is 15.3. The third-order valence-corrected chi connectivity index (χ3v) is 7.86. The van der Waals surface area contributed by atoms with Gasteiger partial charge in [-0.25, -0.2) is 4.79 Å². The average Bonchev–Trinajstić information content (AvgIpc) is 2.95. The summed E-state index contributed by atoms with van der Waals surface area (Å²) >= 11 is 0. The summed E-state index contributed by atoms with van der Waals surface area (Å²) in [5, 5.41) is 2.79. The van der Waals surface area contributed by atoms with Crippen molar-refractivity contribution in [2.24, 2.45) is 0 Å². The molecule has 1 atom stereocenters. The molecule has 44 heavy (non-hydrogen) atoms. The van der Waals surface area contributed by atoms with Crippen LogP contribution in [0.15, 0.2) is 35.2 Å². The number of carbonyl (C=O) groups is 1. The second kappa shape index (κ2) is 17.9. The van der Waals surface area contributed by atoms with E-state index in [1.165, 1.54) is 26.4 Å². The second-order valence-electron chi connectivity index (χ2n) is 11.6. The number of nitrogens with one attached hydrogen (secondary N) is 1. The van der Waals surface area contributed by atoms with Crippen LogP contribution in [0.2, 0.25) is 0 Å². The van der Waals surface area contributed by atoms with E-state index in [9.17, 15) is 13.2 Å². The maximum Gasteiger partial charge on any atom is 0.407 e. The summed E-state index contributed by atoms with van der Waals surface area (Å²) < 4.78 is 60.9. The van der Waals surface area contributed by atoms with Crippen molar-refractivity contribution >= 4 is 16.2 Å². The van der Waals surface area contributed by atoms with Gasteiger partial charge in [-0.05, 0) is 65.2 Å². The molecule has 0 aliphatic rings. The van der Waals surface area contributed by atoms with E-state index in [1.54, 1.807) is 39.0 Å². The molecule has 0 radical (unpaired) electrons. The second-order valence-corrected chi connectivity index (χ2v) is 13.3. The number of ether oxygens (including phenoxy) is 5. The minimum absolute atomic E-state index is 0.0212. The van der Waals surface area contributed by atoms with E-state index in [-0.39, 0.29) is 17.9 Å². The van der Waals surface area contributed by atoms with Crippen molar-refractivity contribution in [2.75, 3.05) is 34.0 Å². The molecule has 2 aromatic carbocycles. The lowest BCUT2D eigenvalue weighted by molar-refractivity contribution is 0.0488. The third kappa shape index (κ3) is 12.1. The van der Waals surface area contributed by atoms with Crippen LogP contribution in [-0.4, -0.2) is 60.2 Å². The van der Waals surface area contributed by atoms with Gasteiger partial charge in [0.1, 0.15) is 5.60 Å². The normalized spacial score (nSPS) is 12.4. The number of amides is 1. The van der Waals surface area contributed by atoms with Crippen molar-refractivity contribution in [1.82, 2.24) is 5.32 Å². The number of hydrogen-bond acceptors (Lipinski definition) is 9. The Balaban J connectivity index is 2.51. The topological polar surface area (TPSA) is 119 Å². The van der Waals surface area contributed by atoms with E-state index in [4.69, 9.17) is 27.9 Å². The highest BCUT2D eigenvalue weighted by Crippen LogP contribution is 2.47. The molecule has 248 valence electrons. The van der Waals surface area contributed by atoms with Gasteiger partial charge in [0.2, 0.25) is 11.5 Å². The lowest BCUT2D eigenvalue weighted by Crippen LogP contribution is -2.43. The molecule has 1 N–H and O–H groups in total. The van der Waals surface area contributed by atoms with Gasteiger partial charge < -0.3 is 29.0 Å². The molecule has 0 saturated carbocycles. The number of hydrogen-bond donors (Lipinski definition) is 1. The molecule has 0 aromatic heterocycles. The van der Waals surface area contributed by atoms with Crippen molar-refractivity contribution < 1.29 is 41.1 Å². The average molecular weight is 638 g/mol. The largest absolute Gasteiger partial charge is 0.490 e. The Hall–Kier alpha value is -3.18. The number of alkyl carbamates (subject to hydrolysis) is 1.